The molecule has 1 aliphatic heterocycles. The summed E-state index contributed by atoms with van der Waals surface area (Å²) in [5.41, 5.74) is 1.28. The summed E-state index contributed by atoms with van der Waals surface area (Å²) in [4.78, 5) is 64.6. The van der Waals surface area contributed by atoms with Crippen LogP contribution in [0.3, 0.4) is 0 Å². The predicted molar refractivity (Wildman–Crippen MR) is 173 cm³/mol. The molecule has 1 saturated heterocycles. The van der Waals surface area contributed by atoms with Gasteiger partial charge in [-0.2, -0.15) is 0 Å². The summed E-state index contributed by atoms with van der Waals surface area (Å²) in [6.07, 6.45) is 8.20. The van der Waals surface area contributed by atoms with Crippen LogP contribution in [0.1, 0.15) is 82.6 Å². The fourth-order valence-electron chi connectivity index (χ4n) is 6.47. The maximum Gasteiger partial charge on any atom is 0.268 e. The molecule has 2 heterocycles. The average molecular weight is 614 g/mol. The van der Waals surface area contributed by atoms with Crippen LogP contribution in [-0.2, 0) is 19.2 Å². The summed E-state index contributed by atoms with van der Waals surface area (Å²) < 4.78 is 0. The predicted octanol–water partition coefficient (Wildman–Crippen LogP) is 3.73. The highest BCUT2D eigenvalue weighted by atomic mass is 16.2. The fourth-order valence-corrected chi connectivity index (χ4v) is 6.47. The van der Waals surface area contributed by atoms with Crippen LogP contribution in [0.15, 0.2) is 53.5 Å². The van der Waals surface area contributed by atoms with Crippen LogP contribution >= 0.6 is 0 Å². The molecular weight excluding hydrogens is 570 g/mol. The fraction of sp³-hybridized carbons (Fsp3) is 0.514. The molecule has 10 heteroatoms. The van der Waals surface area contributed by atoms with Crippen molar-refractivity contribution in [1.82, 2.24) is 26.3 Å². The Morgan fingerprint density at radius 1 is 0.956 bits per heavy atom. The van der Waals surface area contributed by atoms with Gasteiger partial charge in [-0.05, 0) is 42.7 Å². The van der Waals surface area contributed by atoms with Crippen molar-refractivity contribution in [3.63, 3.8) is 0 Å². The number of fused-ring (bicyclic) bond motifs is 1. The molecule has 1 aromatic heterocycles. The van der Waals surface area contributed by atoms with Crippen molar-refractivity contribution in [3.05, 3.63) is 59.2 Å². The molecule has 1 aromatic carbocycles. The Kier molecular flexibility index (Phi) is 11.4. The Morgan fingerprint density at radius 3 is 2.33 bits per heavy atom. The van der Waals surface area contributed by atoms with E-state index in [-0.39, 0.29) is 23.2 Å². The second kappa shape index (κ2) is 15.4. The zero-order chi connectivity index (χ0) is 32.4. The van der Waals surface area contributed by atoms with E-state index in [1.165, 1.54) is 6.08 Å². The van der Waals surface area contributed by atoms with E-state index >= 15 is 0 Å². The van der Waals surface area contributed by atoms with Crippen molar-refractivity contribution < 1.29 is 24.0 Å². The van der Waals surface area contributed by atoms with E-state index in [0.29, 0.717) is 43.1 Å². The molecule has 238 valence electrons. The third-order valence-corrected chi connectivity index (χ3v) is 8.87. The monoisotopic (exact) mass is 613 g/mol. The first-order chi connectivity index (χ1) is 21.7. The zero-order valence-corrected chi connectivity index (χ0v) is 26.3. The Bertz CT molecular complexity index is 1520. The smallest absolute Gasteiger partial charge is 0.268 e. The standard InChI is InChI=1S/C35H43N5O5/c1-35(2,3)33(40-34(45)29-19-24-11-7-8-12-27(24)38-29)32(22-44)39-28(17-23-9-5-4-6-10-23)31(21-43)37-26(14-16-41)18-25-13-15-36-30(25)20-42/h7-8,11-12,14,19,23,25-26,28,33,36-39H,4-6,9-10,13,15,17-18H2,1-3H3,(H,40,45)/t25-,26?,28?,33?/m0/s1. The molecule has 1 amide bonds. The number of aromatic nitrogens is 1. The normalized spacial score (nSPS) is 18.6. The van der Waals surface area contributed by atoms with Crippen molar-refractivity contribution in [2.75, 3.05) is 6.54 Å². The van der Waals surface area contributed by atoms with Crippen LogP contribution in [0.5, 0.6) is 0 Å². The topological polar surface area (TPSA) is 149 Å². The van der Waals surface area contributed by atoms with E-state index in [1.54, 1.807) is 6.07 Å². The maximum absolute atomic E-state index is 13.4. The molecule has 2 fully saturated rings. The highest BCUT2D eigenvalue weighted by Gasteiger charge is 2.35. The number of hydrogen-bond donors (Lipinski definition) is 5. The lowest BCUT2D eigenvalue weighted by Gasteiger charge is -2.35. The maximum atomic E-state index is 13.4. The van der Waals surface area contributed by atoms with Crippen molar-refractivity contribution >= 4 is 40.6 Å². The van der Waals surface area contributed by atoms with Crippen molar-refractivity contribution in [1.29, 1.82) is 0 Å². The van der Waals surface area contributed by atoms with Gasteiger partial charge in [0, 0.05) is 29.4 Å². The molecule has 0 radical (unpaired) electrons. The minimum Gasteiger partial charge on any atom is -0.379 e. The van der Waals surface area contributed by atoms with Crippen LogP contribution in [0.2, 0.25) is 0 Å². The molecule has 2 aliphatic rings. The van der Waals surface area contributed by atoms with E-state index in [0.717, 1.165) is 43.0 Å². The van der Waals surface area contributed by atoms with Crippen molar-refractivity contribution in [2.24, 2.45) is 17.3 Å². The minimum absolute atomic E-state index is 0.107. The number of nitrogens with one attached hydrogen (secondary N) is 5. The molecule has 4 atom stereocenters. The molecule has 1 saturated carbocycles. The molecular formula is C35H43N5O5. The third kappa shape index (κ3) is 8.76. The zero-order valence-electron chi connectivity index (χ0n) is 26.3. The second-order valence-corrected chi connectivity index (χ2v) is 13.2. The van der Waals surface area contributed by atoms with E-state index in [1.807, 2.05) is 68.8 Å². The van der Waals surface area contributed by atoms with Crippen LogP contribution in [0.25, 0.3) is 10.9 Å². The Hall–Kier alpha value is -4.57. The number of hydrogen-bond acceptors (Lipinski definition) is 8. The van der Waals surface area contributed by atoms with E-state index in [2.05, 4.69) is 26.3 Å². The van der Waals surface area contributed by atoms with E-state index in [4.69, 9.17) is 0 Å². The van der Waals surface area contributed by atoms with E-state index in [9.17, 15) is 24.0 Å². The molecule has 2 aromatic rings. The third-order valence-electron chi connectivity index (χ3n) is 8.87. The summed E-state index contributed by atoms with van der Waals surface area (Å²) in [5.74, 6) is 7.57. The molecule has 10 nitrogen and oxygen atoms in total. The minimum atomic E-state index is -0.772. The highest BCUT2D eigenvalue weighted by Crippen LogP contribution is 2.31. The Morgan fingerprint density at radius 2 is 1.69 bits per heavy atom. The molecule has 0 spiro atoms. The van der Waals surface area contributed by atoms with Gasteiger partial charge in [-0.15, -0.1) is 0 Å². The average Bonchev–Trinajstić information content (AvgIpc) is 3.67. The number of rotatable bonds is 13. The van der Waals surface area contributed by atoms with Crippen molar-refractivity contribution in [2.45, 2.75) is 90.3 Å². The Labute approximate surface area is 263 Å². The lowest BCUT2D eigenvalue weighted by atomic mass is 9.82. The summed E-state index contributed by atoms with van der Waals surface area (Å²) in [6.45, 7) is 6.35. The van der Waals surface area contributed by atoms with Gasteiger partial charge < -0.3 is 26.3 Å². The number of amides is 1. The van der Waals surface area contributed by atoms with Gasteiger partial charge in [0.05, 0.1) is 23.8 Å². The van der Waals surface area contributed by atoms with Gasteiger partial charge in [0.2, 0.25) is 0 Å². The lowest BCUT2D eigenvalue weighted by molar-refractivity contribution is 0.0908. The molecule has 45 heavy (non-hydrogen) atoms. The number of benzene rings is 1. The van der Waals surface area contributed by atoms with Gasteiger partial charge in [0.15, 0.2) is 0 Å². The van der Waals surface area contributed by atoms with Crippen LogP contribution < -0.4 is 21.3 Å². The first-order valence-corrected chi connectivity index (χ1v) is 15.8. The van der Waals surface area contributed by atoms with Gasteiger partial charge in [-0.3, -0.25) is 4.79 Å². The summed E-state index contributed by atoms with van der Waals surface area (Å²) in [7, 11) is 0. The molecule has 0 bridgehead atoms. The number of aromatic amines is 1. The van der Waals surface area contributed by atoms with E-state index < -0.39 is 23.5 Å². The van der Waals surface area contributed by atoms with Crippen LogP contribution in [0, 0.1) is 17.3 Å². The van der Waals surface area contributed by atoms with Crippen LogP contribution in [-0.4, -0.2) is 59.3 Å². The first-order valence-electron chi connectivity index (χ1n) is 15.8. The first kappa shape index (κ1) is 33.3. The largest absolute Gasteiger partial charge is 0.379 e. The lowest BCUT2D eigenvalue weighted by Crippen LogP contribution is -2.51. The second-order valence-electron chi connectivity index (χ2n) is 13.2. The summed E-state index contributed by atoms with van der Waals surface area (Å²) >= 11 is 0. The number of carbonyl (C=O) groups is 1. The Balaban J connectivity index is 1.60. The summed E-state index contributed by atoms with van der Waals surface area (Å²) in [5, 5.41) is 13.3. The molecule has 1 aliphatic carbocycles. The molecule has 5 N–H and O–H groups in total. The van der Waals surface area contributed by atoms with Crippen molar-refractivity contribution in [3.8, 4) is 0 Å². The SMILES string of the molecule is CC(C)(C)C(NC(=O)c1cc2ccccc2[nH]1)C(=C=O)NC(CC1CCCCC1)C(=C=O)NC(C=C=O)C[C@@H]1CCNC1=C=O. The van der Waals surface area contributed by atoms with Gasteiger partial charge in [0.25, 0.3) is 5.91 Å². The molecule has 3 unspecified atom stereocenters. The molecule has 4 rings (SSSR count). The van der Waals surface area contributed by atoms with Gasteiger partial charge in [-0.25, -0.2) is 19.2 Å². The summed E-state index contributed by atoms with van der Waals surface area (Å²) in [6, 6.07) is 7.28. The van der Waals surface area contributed by atoms with Crippen LogP contribution in [0.4, 0.5) is 0 Å². The van der Waals surface area contributed by atoms with Gasteiger partial charge >= 0.3 is 0 Å². The van der Waals surface area contributed by atoms with Gasteiger partial charge in [-0.1, -0.05) is 71.1 Å². The number of para-hydroxylation sites is 1. The quantitative estimate of drug-likeness (QED) is 0.215. The highest BCUT2D eigenvalue weighted by molar-refractivity contribution is 5.98. The number of carbonyl (C=O) groups excluding carboxylic acids is 5. The number of H-pyrrole nitrogens is 1. The number of allylic oxidation sites excluding steroid dienone is 1. The van der Waals surface area contributed by atoms with Gasteiger partial charge in [0.1, 0.15) is 40.9 Å².